The molecule has 1 fully saturated rings. The van der Waals surface area contributed by atoms with Gasteiger partial charge >= 0.3 is 0 Å². The van der Waals surface area contributed by atoms with E-state index in [1.165, 1.54) is 0 Å². The molecule has 6 nitrogen and oxygen atoms in total. The Kier molecular flexibility index (Phi) is 5.50. The topological polar surface area (TPSA) is 76.5 Å². The highest BCUT2D eigenvalue weighted by atomic mass is 16.5. The zero-order chi connectivity index (χ0) is 13.5. The predicted octanol–water partition coefficient (Wildman–Crippen LogP) is 0.710. The lowest BCUT2D eigenvalue weighted by molar-refractivity contribution is 0.0992. The van der Waals surface area contributed by atoms with Crippen LogP contribution in [0, 0.1) is 6.92 Å². The summed E-state index contributed by atoms with van der Waals surface area (Å²) in [6, 6.07) is 1.98. The highest BCUT2D eigenvalue weighted by Crippen LogP contribution is 2.24. The summed E-state index contributed by atoms with van der Waals surface area (Å²) in [6.45, 7) is 5.09. The van der Waals surface area contributed by atoms with Gasteiger partial charge in [-0.15, -0.1) is 0 Å². The van der Waals surface area contributed by atoms with Crippen molar-refractivity contribution in [2.24, 2.45) is 0 Å². The second kappa shape index (κ2) is 7.37. The van der Waals surface area contributed by atoms with Crippen LogP contribution in [0.5, 0.6) is 0 Å². The summed E-state index contributed by atoms with van der Waals surface area (Å²) in [6.07, 6.45) is 1.02. The van der Waals surface area contributed by atoms with Gasteiger partial charge in [-0.05, 0) is 13.3 Å². The number of hydrogen-bond donors (Lipinski definition) is 2. The summed E-state index contributed by atoms with van der Waals surface area (Å²) >= 11 is 0. The fraction of sp³-hybridized carbons (Fsp3) is 0.692. The van der Waals surface area contributed by atoms with Gasteiger partial charge in [0.25, 0.3) is 0 Å². The molecule has 0 radical (unpaired) electrons. The van der Waals surface area contributed by atoms with Gasteiger partial charge in [0, 0.05) is 25.1 Å². The van der Waals surface area contributed by atoms with E-state index in [4.69, 9.17) is 14.6 Å². The van der Waals surface area contributed by atoms with Crippen LogP contribution in [-0.4, -0.2) is 54.7 Å². The van der Waals surface area contributed by atoms with Crippen molar-refractivity contribution in [2.45, 2.75) is 19.3 Å². The first-order valence-electron chi connectivity index (χ1n) is 6.65. The van der Waals surface area contributed by atoms with E-state index in [0.717, 1.165) is 37.0 Å². The minimum absolute atomic E-state index is 0.0540. The largest absolute Gasteiger partial charge is 0.394 e. The van der Waals surface area contributed by atoms with Crippen molar-refractivity contribution >= 4 is 5.82 Å². The van der Waals surface area contributed by atoms with E-state index in [1.54, 1.807) is 0 Å². The molecule has 2 N–H and O–H groups in total. The van der Waals surface area contributed by atoms with Crippen molar-refractivity contribution in [3.63, 3.8) is 0 Å². The van der Waals surface area contributed by atoms with Crippen LogP contribution >= 0.6 is 0 Å². The number of hydrogen-bond acceptors (Lipinski definition) is 6. The molecule has 6 heteroatoms. The third-order valence-corrected chi connectivity index (χ3v) is 2.99. The zero-order valence-electron chi connectivity index (χ0n) is 11.3. The highest BCUT2D eigenvalue weighted by Gasteiger charge is 2.20. The van der Waals surface area contributed by atoms with Crippen LogP contribution < -0.4 is 5.32 Å². The zero-order valence-corrected chi connectivity index (χ0v) is 11.3. The summed E-state index contributed by atoms with van der Waals surface area (Å²) in [5, 5.41) is 11.8. The molecule has 2 heterocycles. The maximum absolute atomic E-state index is 8.60. The van der Waals surface area contributed by atoms with Crippen LogP contribution in [-0.2, 0) is 9.47 Å². The van der Waals surface area contributed by atoms with Gasteiger partial charge in [-0.2, -0.15) is 0 Å². The molecule has 2 rings (SSSR count). The molecule has 0 spiro atoms. The molecule has 1 aliphatic heterocycles. The second-order valence-electron chi connectivity index (χ2n) is 4.55. The Hall–Kier alpha value is -1.24. The van der Waals surface area contributed by atoms with Gasteiger partial charge in [0.1, 0.15) is 11.6 Å². The Labute approximate surface area is 113 Å². The molecule has 1 saturated heterocycles. The van der Waals surface area contributed by atoms with Crippen LogP contribution in [0.1, 0.15) is 23.9 Å². The maximum atomic E-state index is 8.60. The smallest absolute Gasteiger partial charge is 0.130 e. The third-order valence-electron chi connectivity index (χ3n) is 2.99. The van der Waals surface area contributed by atoms with E-state index >= 15 is 0 Å². The Morgan fingerprint density at radius 3 is 3.11 bits per heavy atom. The summed E-state index contributed by atoms with van der Waals surface area (Å²) < 4.78 is 10.6. The van der Waals surface area contributed by atoms with E-state index in [1.807, 2.05) is 13.0 Å². The Bertz CT molecular complexity index is 395. The molecular weight excluding hydrogens is 246 g/mol. The molecule has 19 heavy (non-hydrogen) atoms. The van der Waals surface area contributed by atoms with Crippen LogP contribution in [0.25, 0.3) is 0 Å². The molecule has 1 aliphatic rings. The van der Waals surface area contributed by atoms with Crippen molar-refractivity contribution in [3.8, 4) is 0 Å². The summed E-state index contributed by atoms with van der Waals surface area (Å²) in [5.41, 5.74) is 1.05. The molecule has 106 valence electrons. The van der Waals surface area contributed by atoms with E-state index in [-0.39, 0.29) is 6.61 Å². The van der Waals surface area contributed by atoms with Crippen LogP contribution in [0.4, 0.5) is 5.82 Å². The maximum Gasteiger partial charge on any atom is 0.130 e. The number of ether oxygens (including phenoxy) is 2. The number of rotatable bonds is 7. The number of aromatic nitrogens is 2. The number of aryl methyl sites for hydroxylation is 1. The second-order valence-corrected chi connectivity index (χ2v) is 4.55. The molecule has 1 atom stereocenters. The number of nitrogens with zero attached hydrogens (tertiary/aromatic N) is 2. The minimum atomic E-state index is 0.0540. The molecule has 0 aliphatic carbocycles. The van der Waals surface area contributed by atoms with Crippen molar-refractivity contribution < 1.29 is 14.6 Å². The molecule has 0 amide bonds. The van der Waals surface area contributed by atoms with Crippen LogP contribution in [0.15, 0.2) is 6.07 Å². The number of nitrogens with one attached hydrogen (secondary N) is 1. The van der Waals surface area contributed by atoms with Gasteiger partial charge in [0.05, 0.1) is 32.1 Å². The first kappa shape index (κ1) is 14.2. The lowest BCUT2D eigenvalue weighted by Crippen LogP contribution is -2.13. The van der Waals surface area contributed by atoms with Gasteiger partial charge in [-0.25, -0.2) is 9.97 Å². The fourth-order valence-electron chi connectivity index (χ4n) is 2.08. The van der Waals surface area contributed by atoms with Gasteiger partial charge in [0.2, 0.25) is 0 Å². The molecule has 1 aromatic rings. The Balaban J connectivity index is 1.89. The molecule has 0 bridgehead atoms. The van der Waals surface area contributed by atoms with Crippen molar-refractivity contribution in [3.05, 3.63) is 17.6 Å². The molecular formula is C13H21N3O3. The summed E-state index contributed by atoms with van der Waals surface area (Å²) in [7, 11) is 0. The Morgan fingerprint density at radius 1 is 1.47 bits per heavy atom. The highest BCUT2D eigenvalue weighted by molar-refractivity contribution is 5.37. The molecule has 1 aromatic heterocycles. The monoisotopic (exact) mass is 267 g/mol. The lowest BCUT2D eigenvalue weighted by atomic mass is 10.0. The lowest BCUT2D eigenvalue weighted by Gasteiger charge is -2.11. The van der Waals surface area contributed by atoms with Crippen LogP contribution in [0.2, 0.25) is 0 Å². The first-order chi connectivity index (χ1) is 9.29. The van der Waals surface area contributed by atoms with E-state index in [9.17, 15) is 0 Å². The number of aliphatic hydroxyl groups is 1. The van der Waals surface area contributed by atoms with Crippen molar-refractivity contribution in [1.29, 1.82) is 0 Å². The quantitative estimate of drug-likeness (QED) is 0.709. The van der Waals surface area contributed by atoms with E-state index in [2.05, 4.69) is 15.3 Å². The summed E-state index contributed by atoms with van der Waals surface area (Å²) in [4.78, 5) is 8.83. The minimum Gasteiger partial charge on any atom is -0.394 e. The average molecular weight is 267 g/mol. The van der Waals surface area contributed by atoms with E-state index < -0.39 is 0 Å². The molecule has 0 aromatic carbocycles. The standard InChI is InChI=1S/C13H21N3O3/c1-10-15-12(11-2-5-19-9-11)8-13(16-10)14-3-6-18-7-4-17/h8,11,17H,2-7,9H2,1H3,(H,14,15,16)/t11-/m0/s1. The average Bonchev–Trinajstić information content (AvgIpc) is 2.92. The van der Waals surface area contributed by atoms with Gasteiger partial charge < -0.3 is 19.9 Å². The third kappa shape index (κ3) is 4.41. The normalized spacial score (nSPS) is 18.7. The molecule has 0 unspecified atom stereocenters. The number of anilines is 1. The van der Waals surface area contributed by atoms with Crippen molar-refractivity contribution in [2.75, 3.05) is 44.9 Å². The van der Waals surface area contributed by atoms with Gasteiger partial charge in [0.15, 0.2) is 0 Å². The van der Waals surface area contributed by atoms with Gasteiger partial charge in [-0.1, -0.05) is 0 Å². The van der Waals surface area contributed by atoms with E-state index in [0.29, 0.717) is 25.7 Å². The Morgan fingerprint density at radius 2 is 2.37 bits per heavy atom. The SMILES string of the molecule is Cc1nc(NCCOCCO)cc([C@H]2CCOC2)n1. The fourth-order valence-corrected chi connectivity index (χ4v) is 2.08. The summed E-state index contributed by atoms with van der Waals surface area (Å²) in [5.74, 6) is 1.97. The predicted molar refractivity (Wildman–Crippen MR) is 71.3 cm³/mol. The first-order valence-corrected chi connectivity index (χ1v) is 6.65. The van der Waals surface area contributed by atoms with Gasteiger partial charge in [-0.3, -0.25) is 0 Å². The number of aliphatic hydroxyl groups excluding tert-OH is 1. The molecule has 0 saturated carbocycles. The van der Waals surface area contributed by atoms with Crippen molar-refractivity contribution in [1.82, 2.24) is 9.97 Å². The van der Waals surface area contributed by atoms with Crippen LogP contribution in [0.3, 0.4) is 0 Å².